The third kappa shape index (κ3) is 8.71. The molecule has 0 aromatic heterocycles. The lowest BCUT2D eigenvalue weighted by Crippen LogP contribution is -2.51. The van der Waals surface area contributed by atoms with Crippen molar-refractivity contribution in [3.63, 3.8) is 0 Å². The van der Waals surface area contributed by atoms with Crippen LogP contribution in [-0.2, 0) is 16.1 Å². The number of piperidine rings is 1. The second kappa shape index (κ2) is 14.0. The minimum atomic E-state index is -4.85. The molecule has 2 N–H and O–H groups in total. The number of carbonyl (C=O) groups is 2. The van der Waals surface area contributed by atoms with Crippen molar-refractivity contribution in [1.29, 1.82) is 5.26 Å². The number of halogens is 4. The van der Waals surface area contributed by atoms with Gasteiger partial charge in [0.1, 0.15) is 5.75 Å². The SMILES string of the molecule is CC(=O)NCC(=O)N1CC[C@H](NCc2cc(-c3ccc(C#N)cc3)ccc2OC(F)(F)F)[C@H](c2ccccc2)C1.Cl. The molecule has 0 spiro atoms. The van der Waals surface area contributed by atoms with Crippen LogP contribution in [0.4, 0.5) is 13.2 Å². The van der Waals surface area contributed by atoms with Crippen molar-refractivity contribution < 1.29 is 27.5 Å². The summed E-state index contributed by atoms with van der Waals surface area (Å²) < 4.78 is 43.9. The van der Waals surface area contributed by atoms with E-state index >= 15 is 0 Å². The van der Waals surface area contributed by atoms with E-state index < -0.39 is 6.36 Å². The molecular formula is C30H30ClF3N4O3. The average molecular weight is 587 g/mol. The number of ether oxygens (including phenoxy) is 1. The number of benzene rings is 3. The summed E-state index contributed by atoms with van der Waals surface area (Å²) in [5.74, 6) is -0.892. The molecule has 11 heteroatoms. The fourth-order valence-corrected chi connectivity index (χ4v) is 4.87. The van der Waals surface area contributed by atoms with Crippen LogP contribution in [0.25, 0.3) is 11.1 Å². The van der Waals surface area contributed by atoms with Gasteiger partial charge in [0.2, 0.25) is 11.8 Å². The van der Waals surface area contributed by atoms with Crippen LogP contribution in [0.15, 0.2) is 72.8 Å². The molecular weight excluding hydrogens is 557 g/mol. The lowest BCUT2D eigenvalue weighted by atomic mass is 9.85. The van der Waals surface area contributed by atoms with E-state index in [1.54, 1.807) is 41.3 Å². The monoisotopic (exact) mass is 586 g/mol. The Labute approximate surface area is 242 Å². The van der Waals surface area contributed by atoms with Crippen molar-refractivity contribution in [2.45, 2.75) is 38.2 Å². The molecule has 2 atom stereocenters. The van der Waals surface area contributed by atoms with Crippen LogP contribution in [0.2, 0.25) is 0 Å². The highest BCUT2D eigenvalue weighted by Gasteiger charge is 2.34. The molecule has 3 aromatic carbocycles. The van der Waals surface area contributed by atoms with Crippen molar-refractivity contribution >= 4 is 24.2 Å². The first kappa shape index (κ1) is 31.5. The number of amides is 2. The third-order valence-corrected chi connectivity index (χ3v) is 6.87. The van der Waals surface area contributed by atoms with Crippen LogP contribution in [0, 0.1) is 11.3 Å². The molecule has 2 amide bonds. The van der Waals surface area contributed by atoms with Crippen LogP contribution in [0.1, 0.15) is 36.0 Å². The van der Waals surface area contributed by atoms with Gasteiger partial charge in [0.25, 0.3) is 0 Å². The van der Waals surface area contributed by atoms with Gasteiger partial charge in [0, 0.05) is 44.1 Å². The van der Waals surface area contributed by atoms with E-state index in [2.05, 4.69) is 21.4 Å². The number of nitrogens with zero attached hydrogens (tertiary/aromatic N) is 2. The highest BCUT2D eigenvalue weighted by molar-refractivity contribution is 5.85. The molecule has 0 saturated carbocycles. The van der Waals surface area contributed by atoms with Crippen LogP contribution in [0.5, 0.6) is 5.75 Å². The van der Waals surface area contributed by atoms with Crippen LogP contribution < -0.4 is 15.4 Å². The Kier molecular flexibility index (Phi) is 10.8. The molecule has 41 heavy (non-hydrogen) atoms. The second-order valence-electron chi connectivity index (χ2n) is 9.60. The molecule has 0 unspecified atom stereocenters. The summed E-state index contributed by atoms with van der Waals surface area (Å²) in [6.07, 6.45) is -4.28. The fourth-order valence-electron chi connectivity index (χ4n) is 4.87. The Morgan fingerprint density at radius 1 is 1.05 bits per heavy atom. The molecule has 7 nitrogen and oxygen atoms in total. The van der Waals surface area contributed by atoms with Gasteiger partial charge in [-0.25, -0.2) is 0 Å². The first-order chi connectivity index (χ1) is 19.1. The molecule has 1 saturated heterocycles. The normalized spacial score (nSPS) is 16.7. The van der Waals surface area contributed by atoms with Gasteiger partial charge >= 0.3 is 6.36 Å². The first-order valence-corrected chi connectivity index (χ1v) is 12.8. The van der Waals surface area contributed by atoms with Gasteiger partial charge in [-0.3, -0.25) is 9.59 Å². The smallest absolute Gasteiger partial charge is 0.405 e. The Morgan fingerprint density at radius 2 is 1.73 bits per heavy atom. The van der Waals surface area contributed by atoms with E-state index in [0.29, 0.717) is 36.2 Å². The standard InChI is InChI=1S/C30H29F3N4O3.ClH/c1-20(38)35-18-29(39)37-14-13-27(26(19-37)23-5-3-2-4-6-23)36-17-25-15-24(11-12-28(25)40-30(31,32)33)22-9-7-21(16-34)8-10-22;/h2-12,15,26-27,36H,13-14,17-19H2,1H3,(H,35,38);1H/t26-,27-;/m0./s1. The second-order valence-corrected chi connectivity index (χ2v) is 9.60. The van der Waals surface area contributed by atoms with Crippen LogP contribution in [0.3, 0.4) is 0 Å². The number of likely N-dealkylation sites (tertiary alicyclic amines) is 1. The van der Waals surface area contributed by atoms with E-state index in [1.165, 1.54) is 13.0 Å². The Balaban J connectivity index is 0.00000462. The van der Waals surface area contributed by atoms with Crippen molar-refractivity contribution in [2.75, 3.05) is 19.6 Å². The molecule has 0 aliphatic carbocycles. The molecule has 0 radical (unpaired) electrons. The topological polar surface area (TPSA) is 94.5 Å². The Bertz CT molecular complexity index is 1380. The highest BCUT2D eigenvalue weighted by Crippen LogP contribution is 2.33. The number of hydrogen-bond acceptors (Lipinski definition) is 5. The van der Waals surface area contributed by atoms with Gasteiger partial charge in [-0.05, 0) is 47.4 Å². The van der Waals surface area contributed by atoms with Gasteiger partial charge in [-0.2, -0.15) is 5.26 Å². The van der Waals surface area contributed by atoms with Crippen LogP contribution >= 0.6 is 12.4 Å². The molecule has 1 aliphatic heterocycles. The Morgan fingerprint density at radius 3 is 2.37 bits per heavy atom. The van der Waals surface area contributed by atoms with Gasteiger partial charge in [-0.1, -0.05) is 48.5 Å². The van der Waals surface area contributed by atoms with E-state index in [1.807, 2.05) is 30.3 Å². The maximum absolute atomic E-state index is 13.2. The number of alkyl halides is 3. The maximum Gasteiger partial charge on any atom is 0.573 e. The molecule has 0 bridgehead atoms. The summed E-state index contributed by atoms with van der Waals surface area (Å²) in [7, 11) is 0. The maximum atomic E-state index is 13.2. The van der Waals surface area contributed by atoms with Gasteiger partial charge in [0.05, 0.1) is 18.2 Å². The number of nitrogens with one attached hydrogen (secondary N) is 2. The number of carbonyl (C=O) groups excluding carboxylic acids is 2. The summed E-state index contributed by atoms with van der Waals surface area (Å²) in [6.45, 7) is 2.20. The summed E-state index contributed by atoms with van der Waals surface area (Å²) in [5.41, 5.74) is 3.25. The third-order valence-electron chi connectivity index (χ3n) is 6.87. The molecule has 4 rings (SSSR count). The van der Waals surface area contributed by atoms with Crippen molar-refractivity contribution in [1.82, 2.24) is 15.5 Å². The summed E-state index contributed by atoms with van der Waals surface area (Å²) in [4.78, 5) is 25.7. The van der Waals surface area contributed by atoms with Crippen molar-refractivity contribution in [2.24, 2.45) is 0 Å². The van der Waals surface area contributed by atoms with Crippen LogP contribution in [-0.4, -0.2) is 48.8 Å². The summed E-state index contributed by atoms with van der Waals surface area (Å²) in [6, 6.07) is 22.8. The summed E-state index contributed by atoms with van der Waals surface area (Å²) >= 11 is 0. The van der Waals surface area contributed by atoms with Gasteiger partial charge in [0.15, 0.2) is 0 Å². The highest BCUT2D eigenvalue weighted by atomic mass is 35.5. The number of hydrogen-bond donors (Lipinski definition) is 2. The van der Waals surface area contributed by atoms with E-state index in [-0.39, 0.29) is 55.0 Å². The zero-order chi connectivity index (χ0) is 28.7. The summed E-state index contributed by atoms with van der Waals surface area (Å²) in [5, 5.41) is 15.0. The molecule has 216 valence electrons. The zero-order valence-corrected chi connectivity index (χ0v) is 23.1. The average Bonchev–Trinajstić information content (AvgIpc) is 2.95. The molecule has 3 aromatic rings. The van der Waals surface area contributed by atoms with E-state index in [0.717, 1.165) is 11.1 Å². The predicted octanol–water partition coefficient (Wildman–Crippen LogP) is 5.16. The largest absolute Gasteiger partial charge is 0.573 e. The van der Waals surface area contributed by atoms with E-state index in [9.17, 15) is 22.8 Å². The molecule has 1 aliphatic rings. The molecule has 1 heterocycles. The number of nitriles is 1. The lowest BCUT2D eigenvalue weighted by Gasteiger charge is -2.39. The fraction of sp³-hybridized carbons (Fsp3) is 0.300. The van der Waals surface area contributed by atoms with Crippen molar-refractivity contribution in [3.8, 4) is 22.9 Å². The number of rotatable bonds is 8. The van der Waals surface area contributed by atoms with E-state index in [4.69, 9.17) is 5.26 Å². The predicted molar refractivity (Wildman–Crippen MR) is 150 cm³/mol. The van der Waals surface area contributed by atoms with Crippen molar-refractivity contribution in [3.05, 3.63) is 89.5 Å². The van der Waals surface area contributed by atoms with Gasteiger partial charge < -0.3 is 20.3 Å². The minimum absolute atomic E-state index is 0. The quantitative estimate of drug-likeness (QED) is 0.380. The molecule has 1 fully saturated rings. The Hall–Kier alpha value is -4.07. The van der Waals surface area contributed by atoms with Gasteiger partial charge in [-0.15, -0.1) is 25.6 Å². The zero-order valence-electron chi connectivity index (χ0n) is 22.3. The minimum Gasteiger partial charge on any atom is -0.405 e. The first-order valence-electron chi connectivity index (χ1n) is 12.8. The lowest BCUT2D eigenvalue weighted by molar-refractivity contribution is -0.274.